The maximum absolute atomic E-state index is 13.2. The highest BCUT2D eigenvalue weighted by Gasteiger charge is 2.27. The Balaban J connectivity index is 1.62. The summed E-state index contributed by atoms with van der Waals surface area (Å²) < 4.78 is 0. The number of anilines is 1. The molecule has 0 aliphatic carbocycles. The Morgan fingerprint density at radius 1 is 1.19 bits per heavy atom. The molecule has 1 fully saturated rings. The van der Waals surface area contributed by atoms with E-state index in [9.17, 15) is 9.59 Å². The van der Waals surface area contributed by atoms with Gasteiger partial charge in [0.05, 0.1) is 12.1 Å². The Morgan fingerprint density at radius 3 is 2.77 bits per heavy atom. The van der Waals surface area contributed by atoms with E-state index >= 15 is 0 Å². The van der Waals surface area contributed by atoms with Crippen LogP contribution >= 0.6 is 0 Å². The predicted molar refractivity (Wildman–Crippen MR) is 125 cm³/mol. The van der Waals surface area contributed by atoms with Crippen LogP contribution in [0.4, 0.5) is 10.5 Å². The largest absolute Gasteiger partial charge is 0.322 e. The van der Waals surface area contributed by atoms with Crippen LogP contribution in [0.1, 0.15) is 30.9 Å². The molecule has 2 aromatic carbocycles. The number of hydrogen-bond donors (Lipinski definition) is 2. The molecule has 2 N–H and O–H groups in total. The van der Waals surface area contributed by atoms with Crippen molar-refractivity contribution in [3.8, 4) is 0 Å². The van der Waals surface area contributed by atoms with Crippen LogP contribution in [-0.4, -0.2) is 46.5 Å². The number of aromatic amines is 1. The first-order chi connectivity index (χ1) is 15.0. The minimum absolute atomic E-state index is 0.141. The highest BCUT2D eigenvalue weighted by Crippen LogP contribution is 2.20. The van der Waals surface area contributed by atoms with Gasteiger partial charge in [0, 0.05) is 23.8 Å². The molecule has 1 aliphatic heterocycles. The number of rotatable bonds is 6. The molecule has 1 atom stereocenters. The number of nitrogens with zero attached hydrogens (tertiary/aromatic N) is 2. The van der Waals surface area contributed by atoms with Crippen molar-refractivity contribution in [2.24, 2.45) is 0 Å². The number of amides is 2. The third-order valence-corrected chi connectivity index (χ3v) is 6.17. The van der Waals surface area contributed by atoms with E-state index in [1.54, 1.807) is 4.90 Å². The molecule has 1 aromatic heterocycles. The van der Waals surface area contributed by atoms with Crippen molar-refractivity contribution in [1.82, 2.24) is 14.8 Å². The van der Waals surface area contributed by atoms with Crippen molar-refractivity contribution in [1.29, 1.82) is 0 Å². The van der Waals surface area contributed by atoms with Crippen LogP contribution in [0.5, 0.6) is 0 Å². The number of carbonyl (C=O) groups is 1. The van der Waals surface area contributed by atoms with Crippen LogP contribution in [0.25, 0.3) is 10.9 Å². The number of H-pyrrole nitrogens is 1. The fourth-order valence-corrected chi connectivity index (χ4v) is 4.47. The Labute approximate surface area is 182 Å². The zero-order chi connectivity index (χ0) is 21.8. The molecule has 4 rings (SSSR count). The summed E-state index contributed by atoms with van der Waals surface area (Å²) in [6.45, 7) is 7.03. The highest BCUT2D eigenvalue weighted by atomic mass is 16.2. The number of benzene rings is 2. The number of aryl methyl sites for hydroxylation is 1. The monoisotopic (exact) mass is 418 g/mol. The lowest BCUT2D eigenvalue weighted by molar-refractivity contribution is 0.174. The zero-order valence-electron chi connectivity index (χ0n) is 18.2. The highest BCUT2D eigenvalue weighted by molar-refractivity contribution is 5.89. The summed E-state index contributed by atoms with van der Waals surface area (Å²) in [6, 6.07) is 17.5. The van der Waals surface area contributed by atoms with Gasteiger partial charge in [0.1, 0.15) is 0 Å². The molecule has 3 aromatic rings. The van der Waals surface area contributed by atoms with Gasteiger partial charge in [0.25, 0.3) is 5.56 Å². The van der Waals surface area contributed by atoms with Crippen molar-refractivity contribution < 1.29 is 4.79 Å². The Morgan fingerprint density at radius 2 is 2.00 bits per heavy atom. The van der Waals surface area contributed by atoms with Crippen molar-refractivity contribution in [3.05, 3.63) is 76.1 Å². The lowest BCUT2D eigenvalue weighted by Crippen LogP contribution is -2.45. The number of likely N-dealkylation sites (N-methyl/N-ethyl adjacent to an activating group) is 1. The fraction of sp³-hybridized carbons (Fsp3) is 0.360. The van der Waals surface area contributed by atoms with Gasteiger partial charge in [-0.2, -0.15) is 0 Å². The minimum atomic E-state index is -0.183. The zero-order valence-corrected chi connectivity index (χ0v) is 18.2. The van der Waals surface area contributed by atoms with Gasteiger partial charge in [-0.05, 0) is 62.0 Å². The predicted octanol–water partition coefficient (Wildman–Crippen LogP) is 4.35. The van der Waals surface area contributed by atoms with Crippen molar-refractivity contribution in [2.75, 3.05) is 25.0 Å². The van der Waals surface area contributed by atoms with Gasteiger partial charge in [-0.25, -0.2) is 4.79 Å². The topological polar surface area (TPSA) is 68.4 Å². The van der Waals surface area contributed by atoms with Crippen LogP contribution in [0.2, 0.25) is 0 Å². The summed E-state index contributed by atoms with van der Waals surface area (Å²) in [5.41, 5.74) is 3.09. The summed E-state index contributed by atoms with van der Waals surface area (Å²) in [6.07, 6.45) is 2.21. The Bertz CT molecular complexity index is 1110. The van der Waals surface area contributed by atoms with Gasteiger partial charge in [-0.3, -0.25) is 9.69 Å². The average molecular weight is 419 g/mol. The van der Waals surface area contributed by atoms with Crippen molar-refractivity contribution >= 4 is 22.6 Å². The summed E-state index contributed by atoms with van der Waals surface area (Å²) >= 11 is 0. The van der Waals surface area contributed by atoms with Gasteiger partial charge in [-0.15, -0.1) is 0 Å². The van der Waals surface area contributed by atoms with E-state index in [1.807, 2.05) is 61.5 Å². The molecule has 6 heteroatoms. The molecule has 0 radical (unpaired) electrons. The minimum Gasteiger partial charge on any atom is -0.321 e. The van der Waals surface area contributed by atoms with Crippen LogP contribution in [0.15, 0.2) is 59.4 Å². The number of likely N-dealkylation sites (tertiary alicyclic amines) is 1. The van der Waals surface area contributed by atoms with Gasteiger partial charge < -0.3 is 15.2 Å². The maximum Gasteiger partial charge on any atom is 0.322 e. The van der Waals surface area contributed by atoms with E-state index in [0.29, 0.717) is 18.2 Å². The average Bonchev–Trinajstić information content (AvgIpc) is 3.22. The summed E-state index contributed by atoms with van der Waals surface area (Å²) in [5.74, 6) is 0. The molecule has 2 amide bonds. The molecular weight excluding hydrogens is 388 g/mol. The smallest absolute Gasteiger partial charge is 0.321 e. The number of aromatic nitrogens is 1. The van der Waals surface area contributed by atoms with E-state index in [2.05, 4.69) is 22.1 Å². The van der Waals surface area contributed by atoms with Crippen molar-refractivity contribution in [3.63, 3.8) is 0 Å². The summed E-state index contributed by atoms with van der Waals surface area (Å²) in [5, 5.41) is 3.97. The molecule has 162 valence electrons. The number of para-hydroxylation sites is 2. The summed E-state index contributed by atoms with van der Waals surface area (Å²) in [4.78, 5) is 33.2. The standard InChI is InChI=1S/C25H30N4O2/c1-3-28-14-8-13-22(28)17-29(25(31)26-21-11-5-4-6-12-21)16-20-15-19-10-7-9-18(2)23(19)27-24(20)30/h4-7,9-12,15,22H,3,8,13-14,16-17H2,1-2H3,(H,26,31)(H,27,30)/t22-/m0/s1. The molecule has 0 spiro atoms. The lowest BCUT2D eigenvalue weighted by Gasteiger charge is -2.30. The number of fused-ring (bicyclic) bond motifs is 1. The summed E-state index contributed by atoms with van der Waals surface area (Å²) in [7, 11) is 0. The van der Waals surface area contributed by atoms with Gasteiger partial charge in [0.15, 0.2) is 0 Å². The first kappa shape index (κ1) is 21.1. The van der Waals surface area contributed by atoms with E-state index in [-0.39, 0.29) is 18.1 Å². The van der Waals surface area contributed by atoms with E-state index in [4.69, 9.17) is 0 Å². The SMILES string of the molecule is CCN1CCC[C@H]1CN(Cc1cc2cccc(C)c2[nH]c1=O)C(=O)Nc1ccccc1. The van der Waals surface area contributed by atoms with E-state index in [1.165, 1.54) is 0 Å². The lowest BCUT2D eigenvalue weighted by atomic mass is 10.1. The second-order valence-corrected chi connectivity index (χ2v) is 8.26. The van der Waals surface area contributed by atoms with E-state index < -0.39 is 0 Å². The number of urea groups is 1. The van der Waals surface area contributed by atoms with Crippen LogP contribution in [-0.2, 0) is 6.54 Å². The van der Waals surface area contributed by atoms with E-state index in [0.717, 1.165) is 48.1 Å². The number of carbonyl (C=O) groups excluding carboxylic acids is 1. The van der Waals surface area contributed by atoms with Crippen LogP contribution in [0, 0.1) is 6.92 Å². The molecule has 0 saturated carbocycles. The fourth-order valence-electron chi connectivity index (χ4n) is 4.47. The third kappa shape index (κ3) is 4.80. The Hall–Kier alpha value is -3.12. The van der Waals surface area contributed by atoms with Crippen LogP contribution in [0.3, 0.4) is 0 Å². The Kier molecular flexibility index (Phi) is 6.37. The molecule has 1 saturated heterocycles. The normalized spacial score (nSPS) is 16.5. The number of nitrogens with one attached hydrogen (secondary N) is 2. The van der Waals surface area contributed by atoms with Crippen molar-refractivity contribution in [2.45, 2.75) is 39.3 Å². The quantitative estimate of drug-likeness (QED) is 0.625. The maximum atomic E-state index is 13.2. The first-order valence-corrected chi connectivity index (χ1v) is 11.0. The molecule has 0 unspecified atom stereocenters. The number of hydrogen-bond acceptors (Lipinski definition) is 3. The molecule has 0 bridgehead atoms. The molecule has 6 nitrogen and oxygen atoms in total. The van der Waals surface area contributed by atoms with Gasteiger partial charge >= 0.3 is 6.03 Å². The third-order valence-electron chi connectivity index (χ3n) is 6.17. The second kappa shape index (κ2) is 9.35. The molecule has 31 heavy (non-hydrogen) atoms. The molecular formula is C25H30N4O2. The molecule has 2 heterocycles. The molecule has 1 aliphatic rings. The van der Waals surface area contributed by atoms with Gasteiger partial charge in [0.2, 0.25) is 0 Å². The first-order valence-electron chi connectivity index (χ1n) is 11.0. The second-order valence-electron chi connectivity index (χ2n) is 8.26. The van der Waals surface area contributed by atoms with Crippen LogP contribution < -0.4 is 10.9 Å². The number of pyridine rings is 1. The van der Waals surface area contributed by atoms with Gasteiger partial charge in [-0.1, -0.05) is 43.3 Å².